The van der Waals surface area contributed by atoms with Crippen LogP contribution in [0, 0.1) is 5.92 Å². The van der Waals surface area contributed by atoms with Crippen molar-refractivity contribution in [3.05, 3.63) is 23.8 Å². The summed E-state index contributed by atoms with van der Waals surface area (Å²) in [5, 5.41) is 22.7. The van der Waals surface area contributed by atoms with Crippen LogP contribution < -0.4 is 5.32 Å². The number of esters is 1. The molecule has 1 saturated heterocycles. The first kappa shape index (κ1) is 14.7. The molecule has 2 rings (SSSR count). The minimum atomic E-state index is -0.691. The van der Waals surface area contributed by atoms with Gasteiger partial charge in [-0.3, -0.25) is 0 Å². The van der Waals surface area contributed by atoms with E-state index in [0.717, 1.165) is 25.9 Å². The summed E-state index contributed by atoms with van der Waals surface area (Å²) in [6, 6.07) is 4.18. The Bertz CT molecular complexity index is 472. The number of rotatable bonds is 3. The fourth-order valence-corrected chi connectivity index (χ4v) is 2.63. The molecule has 0 amide bonds. The van der Waals surface area contributed by atoms with Gasteiger partial charge in [-0.1, -0.05) is 6.07 Å². The minimum absolute atomic E-state index is 0.172. The predicted molar refractivity (Wildman–Crippen MR) is 74.9 cm³/mol. The van der Waals surface area contributed by atoms with Gasteiger partial charge in [-0.05, 0) is 51.9 Å². The fourth-order valence-electron chi connectivity index (χ4n) is 2.63. The van der Waals surface area contributed by atoms with Gasteiger partial charge in [-0.2, -0.15) is 0 Å². The molecule has 5 nitrogen and oxygen atoms in total. The fraction of sp³-hybridized carbons (Fsp3) is 0.533. The number of carbonyl (C=O) groups excluding carboxylic acids is 1. The number of phenolic OH excluding ortho intramolecular Hbond substituents is 2. The van der Waals surface area contributed by atoms with Crippen LogP contribution >= 0.6 is 0 Å². The summed E-state index contributed by atoms with van der Waals surface area (Å²) in [7, 11) is 0. The smallest absolute Gasteiger partial charge is 0.346 e. The number of hydrogen-bond donors (Lipinski definition) is 3. The van der Waals surface area contributed by atoms with Gasteiger partial charge in [0.15, 0.2) is 0 Å². The van der Waals surface area contributed by atoms with E-state index < -0.39 is 11.6 Å². The van der Waals surface area contributed by atoms with Crippen molar-refractivity contribution in [3.8, 4) is 11.5 Å². The van der Waals surface area contributed by atoms with Crippen LogP contribution in [0.25, 0.3) is 0 Å². The second-order valence-corrected chi connectivity index (χ2v) is 5.69. The molecule has 1 aliphatic heterocycles. The van der Waals surface area contributed by atoms with Gasteiger partial charge in [-0.15, -0.1) is 0 Å². The lowest BCUT2D eigenvalue weighted by molar-refractivity contribution is -0.0371. The monoisotopic (exact) mass is 279 g/mol. The van der Waals surface area contributed by atoms with Crippen molar-refractivity contribution in [3.63, 3.8) is 0 Å². The van der Waals surface area contributed by atoms with Crippen molar-refractivity contribution >= 4 is 5.97 Å². The number of phenols is 2. The standard InChI is InChI=1S/C15H21NO4/c1-15(2,10-6-8-16-9-7-10)20-14(19)13-11(17)4-3-5-12(13)18/h3-5,10,16-18H,6-9H2,1-2H3. The third-order valence-corrected chi connectivity index (χ3v) is 3.90. The molecule has 1 fully saturated rings. The molecule has 1 aliphatic rings. The van der Waals surface area contributed by atoms with Crippen LogP contribution in [0.15, 0.2) is 18.2 Å². The average Bonchev–Trinajstić information content (AvgIpc) is 2.39. The van der Waals surface area contributed by atoms with Gasteiger partial charge in [0, 0.05) is 5.92 Å². The van der Waals surface area contributed by atoms with Crippen molar-refractivity contribution < 1.29 is 19.7 Å². The van der Waals surface area contributed by atoms with E-state index in [2.05, 4.69) is 5.32 Å². The topological polar surface area (TPSA) is 78.8 Å². The molecule has 1 aromatic carbocycles. The zero-order chi connectivity index (χ0) is 14.8. The van der Waals surface area contributed by atoms with Crippen molar-refractivity contribution in [1.29, 1.82) is 0 Å². The Balaban J connectivity index is 2.14. The van der Waals surface area contributed by atoms with E-state index in [9.17, 15) is 15.0 Å². The van der Waals surface area contributed by atoms with Crippen LogP contribution in [0.4, 0.5) is 0 Å². The zero-order valence-corrected chi connectivity index (χ0v) is 11.8. The number of aromatic hydroxyl groups is 2. The molecule has 0 aliphatic carbocycles. The van der Waals surface area contributed by atoms with E-state index in [0.29, 0.717) is 0 Å². The van der Waals surface area contributed by atoms with Crippen molar-refractivity contribution in [2.75, 3.05) is 13.1 Å². The van der Waals surface area contributed by atoms with Gasteiger partial charge in [0.2, 0.25) is 0 Å². The number of benzene rings is 1. The molecular weight excluding hydrogens is 258 g/mol. The maximum absolute atomic E-state index is 12.2. The van der Waals surface area contributed by atoms with Crippen molar-refractivity contribution in [2.24, 2.45) is 5.92 Å². The molecule has 0 aromatic heterocycles. The molecule has 1 heterocycles. The highest BCUT2D eigenvalue weighted by atomic mass is 16.6. The molecular formula is C15H21NO4. The zero-order valence-electron chi connectivity index (χ0n) is 11.8. The van der Waals surface area contributed by atoms with Crippen LogP contribution in [0.3, 0.4) is 0 Å². The van der Waals surface area contributed by atoms with Crippen LogP contribution in [0.2, 0.25) is 0 Å². The van der Waals surface area contributed by atoms with Crippen LogP contribution in [0.1, 0.15) is 37.0 Å². The third kappa shape index (κ3) is 3.04. The number of piperidine rings is 1. The highest BCUT2D eigenvalue weighted by Crippen LogP contribution is 2.33. The largest absolute Gasteiger partial charge is 0.507 e. The number of nitrogens with one attached hydrogen (secondary N) is 1. The molecule has 0 saturated carbocycles. The molecule has 0 radical (unpaired) electrons. The Morgan fingerprint density at radius 3 is 2.35 bits per heavy atom. The Hall–Kier alpha value is -1.75. The molecule has 1 aromatic rings. The molecule has 0 unspecified atom stereocenters. The van der Waals surface area contributed by atoms with E-state index in [1.807, 2.05) is 13.8 Å². The second kappa shape index (κ2) is 5.71. The maximum Gasteiger partial charge on any atom is 0.346 e. The van der Waals surface area contributed by atoms with Crippen LogP contribution in [0.5, 0.6) is 11.5 Å². The lowest BCUT2D eigenvalue weighted by Crippen LogP contribution is -2.42. The molecule has 0 bridgehead atoms. The summed E-state index contributed by atoms with van der Waals surface area (Å²) in [4.78, 5) is 12.2. The highest BCUT2D eigenvalue weighted by molar-refractivity contribution is 5.95. The summed E-state index contributed by atoms with van der Waals surface area (Å²) < 4.78 is 5.54. The Morgan fingerprint density at radius 2 is 1.80 bits per heavy atom. The summed E-state index contributed by atoms with van der Waals surface area (Å²) in [6.07, 6.45) is 1.88. The van der Waals surface area contributed by atoms with Gasteiger partial charge in [0.1, 0.15) is 22.7 Å². The van der Waals surface area contributed by atoms with E-state index in [1.54, 1.807) is 0 Å². The minimum Gasteiger partial charge on any atom is -0.507 e. The molecule has 0 atom stereocenters. The Morgan fingerprint density at radius 1 is 1.25 bits per heavy atom. The first-order valence-corrected chi connectivity index (χ1v) is 6.87. The Labute approximate surface area is 118 Å². The quantitative estimate of drug-likeness (QED) is 0.738. The number of hydrogen-bond acceptors (Lipinski definition) is 5. The van der Waals surface area contributed by atoms with Gasteiger partial charge in [0.05, 0.1) is 0 Å². The van der Waals surface area contributed by atoms with Gasteiger partial charge >= 0.3 is 5.97 Å². The lowest BCUT2D eigenvalue weighted by Gasteiger charge is -2.36. The highest BCUT2D eigenvalue weighted by Gasteiger charge is 2.35. The Kier molecular flexibility index (Phi) is 4.18. The van der Waals surface area contributed by atoms with Crippen molar-refractivity contribution in [1.82, 2.24) is 5.32 Å². The van der Waals surface area contributed by atoms with Gasteiger partial charge in [0.25, 0.3) is 0 Å². The van der Waals surface area contributed by atoms with Gasteiger partial charge in [-0.25, -0.2) is 4.79 Å². The van der Waals surface area contributed by atoms with E-state index in [-0.39, 0.29) is 23.0 Å². The lowest BCUT2D eigenvalue weighted by atomic mass is 9.83. The number of carbonyl (C=O) groups is 1. The predicted octanol–water partition coefficient (Wildman–Crippen LogP) is 2.03. The summed E-state index contributed by atoms with van der Waals surface area (Å²) in [5.74, 6) is -0.961. The SMILES string of the molecule is CC(C)(OC(=O)c1c(O)cccc1O)C1CCNCC1. The first-order chi connectivity index (χ1) is 9.42. The van der Waals surface area contributed by atoms with Crippen LogP contribution in [-0.4, -0.2) is 34.9 Å². The third-order valence-electron chi connectivity index (χ3n) is 3.90. The summed E-state index contributed by atoms with van der Waals surface area (Å²) in [5.41, 5.74) is -0.803. The first-order valence-electron chi connectivity index (χ1n) is 6.87. The van der Waals surface area contributed by atoms with E-state index >= 15 is 0 Å². The average molecular weight is 279 g/mol. The summed E-state index contributed by atoms with van der Waals surface area (Å²) >= 11 is 0. The second-order valence-electron chi connectivity index (χ2n) is 5.69. The van der Waals surface area contributed by atoms with E-state index in [1.165, 1.54) is 18.2 Å². The normalized spacial score (nSPS) is 16.9. The molecule has 110 valence electrons. The molecule has 3 N–H and O–H groups in total. The molecule has 0 spiro atoms. The van der Waals surface area contributed by atoms with Crippen molar-refractivity contribution in [2.45, 2.75) is 32.3 Å². The maximum atomic E-state index is 12.2. The van der Waals surface area contributed by atoms with Gasteiger partial charge < -0.3 is 20.3 Å². The summed E-state index contributed by atoms with van der Waals surface area (Å²) in [6.45, 7) is 5.57. The molecule has 5 heteroatoms. The van der Waals surface area contributed by atoms with Crippen LogP contribution in [-0.2, 0) is 4.74 Å². The van der Waals surface area contributed by atoms with E-state index in [4.69, 9.17) is 4.74 Å². The molecule has 20 heavy (non-hydrogen) atoms. The number of ether oxygens (including phenoxy) is 1.